The van der Waals surface area contributed by atoms with Crippen molar-refractivity contribution in [3.63, 3.8) is 0 Å². The highest BCUT2D eigenvalue weighted by atomic mass is 16.4. The van der Waals surface area contributed by atoms with Gasteiger partial charge in [-0.3, -0.25) is 9.59 Å². The molecule has 1 rings (SSSR count). The minimum Gasteiger partial charge on any atom is -0.481 e. The van der Waals surface area contributed by atoms with Crippen LogP contribution in [0.3, 0.4) is 0 Å². The van der Waals surface area contributed by atoms with Crippen molar-refractivity contribution < 1.29 is 14.7 Å². The van der Waals surface area contributed by atoms with E-state index in [1.54, 1.807) is 0 Å². The molecule has 5 heteroatoms. The Morgan fingerprint density at radius 2 is 2.00 bits per heavy atom. The van der Waals surface area contributed by atoms with Gasteiger partial charge in [0.25, 0.3) is 0 Å². The van der Waals surface area contributed by atoms with Gasteiger partial charge in [0.05, 0.1) is 5.92 Å². The van der Waals surface area contributed by atoms with E-state index in [4.69, 9.17) is 5.73 Å². The molecule has 3 unspecified atom stereocenters. The maximum Gasteiger partial charge on any atom is 0.308 e. The third-order valence-corrected chi connectivity index (χ3v) is 3.57. The molecule has 5 nitrogen and oxygen atoms in total. The highest BCUT2D eigenvalue weighted by Gasteiger charge is 2.29. The van der Waals surface area contributed by atoms with Crippen LogP contribution >= 0.6 is 0 Å². The summed E-state index contributed by atoms with van der Waals surface area (Å²) in [5, 5.41) is 12.0. The lowest BCUT2D eigenvalue weighted by Gasteiger charge is -2.24. The SMILES string of the molecule is CC(C)(C)CC(CNC(=O)C1CCC(N)C1)C(=O)O. The fourth-order valence-corrected chi connectivity index (χ4v) is 2.61. The van der Waals surface area contributed by atoms with Gasteiger partial charge in [-0.15, -0.1) is 0 Å². The zero-order valence-electron chi connectivity index (χ0n) is 12.1. The first kappa shape index (κ1) is 16.0. The van der Waals surface area contributed by atoms with Crippen LogP contribution in [0.2, 0.25) is 0 Å². The number of amides is 1. The smallest absolute Gasteiger partial charge is 0.308 e. The topological polar surface area (TPSA) is 92.4 Å². The predicted octanol–water partition coefficient (Wildman–Crippen LogP) is 1.37. The summed E-state index contributed by atoms with van der Waals surface area (Å²) in [5.74, 6) is -1.47. The number of carboxylic acid groups (broad SMARTS) is 1. The molecular weight excluding hydrogens is 244 g/mol. The second kappa shape index (κ2) is 6.37. The van der Waals surface area contributed by atoms with E-state index < -0.39 is 11.9 Å². The van der Waals surface area contributed by atoms with Gasteiger partial charge < -0.3 is 16.2 Å². The van der Waals surface area contributed by atoms with Crippen molar-refractivity contribution in [2.75, 3.05) is 6.54 Å². The van der Waals surface area contributed by atoms with Crippen LogP contribution in [0.25, 0.3) is 0 Å². The monoisotopic (exact) mass is 270 g/mol. The van der Waals surface area contributed by atoms with Gasteiger partial charge in [-0.2, -0.15) is 0 Å². The molecule has 0 radical (unpaired) electrons. The quantitative estimate of drug-likeness (QED) is 0.703. The molecule has 0 bridgehead atoms. The van der Waals surface area contributed by atoms with Gasteiger partial charge in [0, 0.05) is 18.5 Å². The maximum absolute atomic E-state index is 11.9. The van der Waals surface area contributed by atoms with Crippen LogP contribution in [0.15, 0.2) is 0 Å². The molecule has 1 aliphatic rings. The molecule has 0 heterocycles. The number of carbonyl (C=O) groups excluding carboxylic acids is 1. The summed E-state index contributed by atoms with van der Waals surface area (Å²) in [6.45, 7) is 6.21. The summed E-state index contributed by atoms with van der Waals surface area (Å²) in [5.41, 5.74) is 5.71. The molecule has 0 spiro atoms. The Morgan fingerprint density at radius 1 is 1.37 bits per heavy atom. The zero-order valence-corrected chi connectivity index (χ0v) is 12.1. The van der Waals surface area contributed by atoms with E-state index in [1.165, 1.54) is 0 Å². The van der Waals surface area contributed by atoms with Crippen LogP contribution in [-0.2, 0) is 9.59 Å². The van der Waals surface area contributed by atoms with Crippen molar-refractivity contribution in [3.05, 3.63) is 0 Å². The number of rotatable bonds is 5. The van der Waals surface area contributed by atoms with Crippen LogP contribution in [0, 0.1) is 17.3 Å². The average Bonchev–Trinajstić information content (AvgIpc) is 2.68. The Balaban J connectivity index is 2.43. The Morgan fingerprint density at radius 3 is 2.42 bits per heavy atom. The molecule has 19 heavy (non-hydrogen) atoms. The molecule has 1 saturated carbocycles. The van der Waals surface area contributed by atoms with Crippen molar-refractivity contribution in [3.8, 4) is 0 Å². The van der Waals surface area contributed by atoms with Crippen molar-refractivity contribution in [1.82, 2.24) is 5.32 Å². The highest BCUT2D eigenvalue weighted by molar-refractivity contribution is 5.80. The molecule has 0 aromatic heterocycles. The molecule has 0 aromatic carbocycles. The molecular formula is C14H26N2O3. The van der Waals surface area contributed by atoms with E-state index in [9.17, 15) is 14.7 Å². The van der Waals surface area contributed by atoms with E-state index in [1.807, 2.05) is 20.8 Å². The highest BCUT2D eigenvalue weighted by Crippen LogP contribution is 2.26. The van der Waals surface area contributed by atoms with Crippen LogP contribution < -0.4 is 11.1 Å². The number of carbonyl (C=O) groups is 2. The molecule has 0 aromatic rings. The zero-order chi connectivity index (χ0) is 14.6. The number of nitrogens with one attached hydrogen (secondary N) is 1. The van der Waals surface area contributed by atoms with Crippen molar-refractivity contribution in [2.45, 2.75) is 52.5 Å². The van der Waals surface area contributed by atoms with Gasteiger partial charge >= 0.3 is 5.97 Å². The van der Waals surface area contributed by atoms with Gasteiger partial charge in [-0.25, -0.2) is 0 Å². The Labute approximate surface area is 114 Å². The summed E-state index contributed by atoms with van der Waals surface area (Å²) >= 11 is 0. The largest absolute Gasteiger partial charge is 0.481 e. The Hall–Kier alpha value is -1.10. The van der Waals surface area contributed by atoms with Crippen LogP contribution in [0.1, 0.15) is 46.5 Å². The van der Waals surface area contributed by atoms with Gasteiger partial charge in [-0.1, -0.05) is 20.8 Å². The molecule has 1 aliphatic carbocycles. The molecule has 3 atom stereocenters. The Kier molecular flexibility index (Phi) is 5.35. The van der Waals surface area contributed by atoms with E-state index in [-0.39, 0.29) is 29.8 Å². The Bertz CT molecular complexity index is 336. The van der Waals surface area contributed by atoms with E-state index in [2.05, 4.69) is 5.32 Å². The van der Waals surface area contributed by atoms with Gasteiger partial charge in [0.2, 0.25) is 5.91 Å². The molecule has 1 fully saturated rings. The first-order valence-electron chi connectivity index (χ1n) is 6.95. The lowest BCUT2D eigenvalue weighted by molar-refractivity contribution is -0.142. The number of hydrogen-bond donors (Lipinski definition) is 3. The maximum atomic E-state index is 11.9. The van der Waals surface area contributed by atoms with E-state index in [0.29, 0.717) is 12.8 Å². The van der Waals surface area contributed by atoms with E-state index in [0.717, 1.165) is 12.8 Å². The van der Waals surface area contributed by atoms with Gasteiger partial charge in [0.1, 0.15) is 0 Å². The molecule has 1 amide bonds. The van der Waals surface area contributed by atoms with Crippen LogP contribution in [0.4, 0.5) is 0 Å². The van der Waals surface area contributed by atoms with Crippen molar-refractivity contribution >= 4 is 11.9 Å². The second-order valence-corrected chi connectivity index (χ2v) is 6.82. The number of carboxylic acids is 1. The third-order valence-electron chi connectivity index (χ3n) is 3.57. The lowest BCUT2D eigenvalue weighted by Crippen LogP contribution is -2.37. The van der Waals surface area contributed by atoms with Crippen LogP contribution in [-0.4, -0.2) is 29.6 Å². The van der Waals surface area contributed by atoms with Crippen molar-refractivity contribution in [2.24, 2.45) is 23.0 Å². The summed E-state index contributed by atoms with van der Waals surface area (Å²) < 4.78 is 0. The van der Waals surface area contributed by atoms with E-state index >= 15 is 0 Å². The fourth-order valence-electron chi connectivity index (χ4n) is 2.61. The minimum atomic E-state index is -0.849. The van der Waals surface area contributed by atoms with Crippen LogP contribution in [0.5, 0.6) is 0 Å². The van der Waals surface area contributed by atoms with Gasteiger partial charge in [0.15, 0.2) is 0 Å². The lowest BCUT2D eigenvalue weighted by atomic mass is 9.84. The number of hydrogen-bond acceptors (Lipinski definition) is 3. The number of nitrogens with two attached hydrogens (primary N) is 1. The summed E-state index contributed by atoms with van der Waals surface area (Å²) in [6, 6.07) is 0.112. The number of aliphatic carboxylic acids is 1. The first-order chi connectivity index (χ1) is 8.69. The normalized spacial score (nSPS) is 25.1. The summed E-state index contributed by atoms with van der Waals surface area (Å²) in [7, 11) is 0. The predicted molar refractivity (Wildman–Crippen MR) is 73.5 cm³/mol. The third kappa shape index (κ3) is 5.59. The molecule has 4 N–H and O–H groups in total. The molecule has 0 saturated heterocycles. The first-order valence-corrected chi connectivity index (χ1v) is 6.95. The molecule has 0 aliphatic heterocycles. The average molecular weight is 270 g/mol. The minimum absolute atomic E-state index is 0.0425. The second-order valence-electron chi connectivity index (χ2n) is 6.82. The standard InChI is InChI=1S/C14H26N2O3/c1-14(2,3)7-10(13(18)19)8-16-12(17)9-4-5-11(15)6-9/h9-11H,4-8,15H2,1-3H3,(H,16,17)(H,18,19). The van der Waals surface area contributed by atoms with Gasteiger partial charge in [-0.05, 0) is 31.1 Å². The summed E-state index contributed by atoms with van der Waals surface area (Å²) in [4.78, 5) is 23.1. The van der Waals surface area contributed by atoms with Crippen molar-refractivity contribution in [1.29, 1.82) is 0 Å². The fraction of sp³-hybridized carbons (Fsp3) is 0.857. The summed E-state index contributed by atoms with van der Waals surface area (Å²) in [6.07, 6.45) is 2.95. The molecule has 110 valence electrons.